The van der Waals surface area contributed by atoms with Gasteiger partial charge in [0.05, 0.1) is 24.6 Å². The molecule has 2 fully saturated rings. The van der Waals surface area contributed by atoms with Crippen LogP contribution in [-0.4, -0.2) is 30.6 Å². The highest BCUT2D eigenvalue weighted by Crippen LogP contribution is 2.54. The minimum Gasteiger partial charge on any atom is -0.495 e. The van der Waals surface area contributed by atoms with Crippen LogP contribution in [0.5, 0.6) is 5.75 Å². The number of fused-ring (bicyclic) bond motifs is 1. The van der Waals surface area contributed by atoms with Gasteiger partial charge in [-0.3, -0.25) is 9.59 Å². The number of nitrogens with zero attached hydrogens (tertiary/aromatic N) is 1. The van der Waals surface area contributed by atoms with Gasteiger partial charge in [0.2, 0.25) is 5.91 Å². The zero-order valence-electron chi connectivity index (χ0n) is 9.87. The van der Waals surface area contributed by atoms with E-state index in [4.69, 9.17) is 9.84 Å². The Labute approximate surface area is 104 Å². The number of aliphatic carboxylic acids is 1. The summed E-state index contributed by atoms with van der Waals surface area (Å²) in [6, 6.07) is 7.28. The van der Waals surface area contributed by atoms with Crippen molar-refractivity contribution >= 4 is 17.6 Å². The van der Waals surface area contributed by atoms with Gasteiger partial charge in [0, 0.05) is 12.5 Å². The Morgan fingerprint density at radius 1 is 1.44 bits per heavy atom. The summed E-state index contributed by atoms with van der Waals surface area (Å²) in [5.74, 6) is -1.19. The summed E-state index contributed by atoms with van der Waals surface area (Å²) in [7, 11) is 1.56. The summed E-state index contributed by atoms with van der Waals surface area (Å²) in [5, 5.41) is 8.94. The lowest BCUT2D eigenvalue weighted by Crippen LogP contribution is -2.31. The highest BCUT2D eigenvalue weighted by molar-refractivity contribution is 6.04. The number of anilines is 1. The van der Waals surface area contributed by atoms with Gasteiger partial charge >= 0.3 is 5.97 Å². The molecule has 0 aromatic heterocycles. The first-order chi connectivity index (χ1) is 8.65. The molecule has 1 aliphatic carbocycles. The quantitative estimate of drug-likeness (QED) is 0.864. The number of methoxy groups -OCH3 is 1. The van der Waals surface area contributed by atoms with E-state index in [1.165, 1.54) is 0 Å². The molecule has 0 radical (unpaired) electrons. The summed E-state index contributed by atoms with van der Waals surface area (Å²) in [6.45, 7) is 0.473. The summed E-state index contributed by atoms with van der Waals surface area (Å²) >= 11 is 0. The van der Waals surface area contributed by atoms with Crippen LogP contribution in [0.4, 0.5) is 5.69 Å². The number of carbonyl (C=O) groups excluding carboxylic acids is 1. The molecule has 2 aliphatic rings. The molecule has 1 heterocycles. The van der Waals surface area contributed by atoms with E-state index >= 15 is 0 Å². The Bertz CT molecular complexity index is 527. The lowest BCUT2D eigenvalue weighted by Gasteiger charge is -2.21. The normalized spacial score (nSPS) is 29.1. The van der Waals surface area contributed by atoms with E-state index in [0.717, 1.165) is 5.69 Å². The van der Waals surface area contributed by atoms with Gasteiger partial charge in [-0.15, -0.1) is 0 Å². The predicted octanol–water partition coefficient (Wildman–Crippen LogP) is 0.989. The fourth-order valence-corrected chi connectivity index (χ4v) is 2.83. The summed E-state index contributed by atoms with van der Waals surface area (Å²) in [4.78, 5) is 24.7. The van der Waals surface area contributed by atoms with Crippen molar-refractivity contribution in [2.45, 2.75) is 0 Å². The Balaban J connectivity index is 1.85. The number of benzene rings is 1. The third kappa shape index (κ3) is 1.40. The Morgan fingerprint density at radius 2 is 2.17 bits per heavy atom. The Morgan fingerprint density at radius 3 is 2.72 bits per heavy atom. The maximum Gasteiger partial charge on any atom is 0.307 e. The van der Waals surface area contributed by atoms with Crippen LogP contribution in [-0.2, 0) is 9.59 Å². The molecule has 1 N–H and O–H groups in total. The topological polar surface area (TPSA) is 66.8 Å². The highest BCUT2D eigenvalue weighted by Gasteiger charge is 2.65. The van der Waals surface area contributed by atoms with E-state index in [2.05, 4.69) is 0 Å². The zero-order chi connectivity index (χ0) is 12.9. The number of ether oxygens (including phenoxy) is 1. The number of piperidine rings is 1. The number of rotatable bonds is 3. The van der Waals surface area contributed by atoms with Crippen molar-refractivity contribution < 1.29 is 19.4 Å². The molecule has 1 aromatic rings. The third-order valence-electron chi connectivity index (χ3n) is 3.77. The maximum atomic E-state index is 12.1. The third-order valence-corrected chi connectivity index (χ3v) is 3.77. The number of carboxylic acids is 1. The lowest BCUT2D eigenvalue weighted by atomic mass is 10.2. The van der Waals surface area contributed by atoms with Crippen molar-refractivity contribution in [1.29, 1.82) is 0 Å². The molecule has 3 atom stereocenters. The number of hydrogen-bond acceptors (Lipinski definition) is 3. The molecular formula is C13H13NO4. The van der Waals surface area contributed by atoms with Crippen LogP contribution < -0.4 is 9.64 Å². The fourth-order valence-electron chi connectivity index (χ4n) is 2.83. The van der Waals surface area contributed by atoms with Crippen molar-refractivity contribution in [2.24, 2.45) is 17.8 Å². The first kappa shape index (κ1) is 11.1. The molecule has 1 aliphatic heterocycles. The molecule has 18 heavy (non-hydrogen) atoms. The number of carboxylic acid groups (broad SMARTS) is 1. The average molecular weight is 247 g/mol. The van der Waals surface area contributed by atoms with Crippen LogP contribution >= 0.6 is 0 Å². The van der Waals surface area contributed by atoms with Gasteiger partial charge in [-0.25, -0.2) is 0 Å². The van der Waals surface area contributed by atoms with Crippen LogP contribution in [0.3, 0.4) is 0 Å². The summed E-state index contributed by atoms with van der Waals surface area (Å²) < 4.78 is 5.22. The largest absolute Gasteiger partial charge is 0.495 e. The molecule has 1 saturated carbocycles. The average Bonchev–Trinajstić information content (AvgIpc) is 3.01. The van der Waals surface area contributed by atoms with Gasteiger partial charge in [-0.05, 0) is 12.1 Å². The van der Waals surface area contributed by atoms with Gasteiger partial charge in [0.15, 0.2) is 0 Å². The van der Waals surface area contributed by atoms with Crippen LogP contribution in [0.1, 0.15) is 0 Å². The number of para-hydroxylation sites is 2. The standard InChI is InChI=1S/C13H13NO4/c1-18-9-5-3-2-4-8(9)14-6-7-10(12(14)15)11(7)13(16)17/h2-5,7,10-11H,6H2,1H3,(H,16,17). The molecular weight excluding hydrogens is 234 g/mol. The van der Waals surface area contributed by atoms with Crippen molar-refractivity contribution in [3.05, 3.63) is 24.3 Å². The van der Waals surface area contributed by atoms with E-state index < -0.39 is 11.9 Å². The minimum atomic E-state index is -0.863. The number of hydrogen-bond donors (Lipinski definition) is 1. The monoisotopic (exact) mass is 247 g/mol. The van der Waals surface area contributed by atoms with Gasteiger partial charge < -0.3 is 14.7 Å². The van der Waals surface area contributed by atoms with Gasteiger partial charge in [0.1, 0.15) is 5.75 Å². The second-order valence-electron chi connectivity index (χ2n) is 4.67. The van der Waals surface area contributed by atoms with Crippen LogP contribution in [0.15, 0.2) is 24.3 Å². The maximum absolute atomic E-state index is 12.1. The van der Waals surface area contributed by atoms with Gasteiger partial charge in [0.25, 0.3) is 0 Å². The van der Waals surface area contributed by atoms with Crippen LogP contribution in [0, 0.1) is 17.8 Å². The van der Waals surface area contributed by atoms with Crippen LogP contribution in [0.2, 0.25) is 0 Å². The smallest absolute Gasteiger partial charge is 0.307 e. The molecule has 5 heteroatoms. The number of amides is 1. The van der Waals surface area contributed by atoms with Crippen LogP contribution in [0.25, 0.3) is 0 Å². The van der Waals surface area contributed by atoms with E-state index in [1.807, 2.05) is 18.2 Å². The van der Waals surface area contributed by atoms with Crippen molar-refractivity contribution in [3.63, 3.8) is 0 Å². The second-order valence-corrected chi connectivity index (χ2v) is 4.67. The summed E-state index contributed by atoms with van der Waals surface area (Å²) in [6.07, 6.45) is 0. The lowest BCUT2D eigenvalue weighted by molar-refractivity contribution is -0.140. The van der Waals surface area contributed by atoms with E-state index in [-0.39, 0.29) is 17.7 Å². The second kappa shape index (κ2) is 3.73. The molecule has 1 saturated heterocycles. The molecule has 1 aromatic carbocycles. The molecule has 3 unspecified atom stereocenters. The van der Waals surface area contributed by atoms with Crippen molar-refractivity contribution in [1.82, 2.24) is 0 Å². The van der Waals surface area contributed by atoms with Crippen molar-refractivity contribution in [3.8, 4) is 5.75 Å². The Kier molecular flexibility index (Phi) is 2.29. The Hall–Kier alpha value is -2.04. The summed E-state index contributed by atoms with van der Waals surface area (Å²) in [5.41, 5.74) is 0.723. The first-order valence-electron chi connectivity index (χ1n) is 5.82. The van der Waals surface area contributed by atoms with Gasteiger partial charge in [-0.1, -0.05) is 12.1 Å². The van der Waals surface area contributed by atoms with Crippen molar-refractivity contribution in [2.75, 3.05) is 18.6 Å². The molecule has 94 valence electrons. The molecule has 3 rings (SSSR count). The zero-order valence-corrected chi connectivity index (χ0v) is 9.87. The minimum absolute atomic E-state index is 0.0417. The van der Waals surface area contributed by atoms with Gasteiger partial charge in [-0.2, -0.15) is 0 Å². The fraction of sp³-hybridized carbons (Fsp3) is 0.385. The van der Waals surface area contributed by atoms with E-state index in [9.17, 15) is 9.59 Å². The van der Waals surface area contributed by atoms with E-state index in [1.54, 1.807) is 18.1 Å². The SMILES string of the molecule is COc1ccccc1N1CC2C(C(=O)O)C2C1=O. The first-order valence-corrected chi connectivity index (χ1v) is 5.82. The van der Waals surface area contributed by atoms with E-state index in [0.29, 0.717) is 12.3 Å². The molecule has 0 bridgehead atoms. The highest BCUT2D eigenvalue weighted by atomic mass is 16.5. The molecule has 5 nitrogen and oxygen atoms in total. The molecule has 1 amide bonds. The predicted molar refractivity (Wildman–Crippen MR) is 63.5 cm³/mol. The number of carbonyl (C=O) groups is 2. The molecule has 0 spiro atoms.